The van der Waals surface area contributed by atoms with Crippen LogP contribution in [0.5, 0.6) is 0 Å². The van der Waals surface area contributed by atoms with Crippen molar-refractivity contribution in [1.82, 2.24) is 4.98 Å². The van der Waals surface area contributed by atoms with Gasteiger partial charge in [0.15, 0.2) is 0 Å². The van der Waals surface area contributed by atoms with Gasteiger partial charge in [0.1, 0.15) is 0 Å². The molecule has 0 fully saturated rings. The zero-order valence-corrected chi connectivity index (χ0v) is 17.1. The minimum Gasteiger partial charge on any atom is -0.348 e. The van der Waals surface area contributed by atoms with Crippen LogP contribution in [0.25, 0.3) is 0 Å². The van der Waals surface area contributed by atoms with Gasteiger partial charge in [-0.05, 0) is 13.3 Å². The molecular formula is C6H10N2Rb2+2. The predicted octanol–water partition coefficient (Wildman–Crippen LogP) is -5.66. The van der Waals surface area contributed by atoms with Gasteiger partial charge in [0, 0.05) is 5.69 Å². The molecule has 1 heterocycles. The third-order valence-electron chi connectivity index (χ3n) is 1.27. The topological polar surface area (TPSA) is 28.2 Å². The Balaban J connectivity index is 0. The Morgan fingerprint density at radius 2 is 2.10 bits per heavy atom. The minimum atomic E-state index is 0. The number of nitrogens with one attached hydrogen (secondary N) is 1. The second-order valence-electron chi connectivity index (χ2n) is 1.83. The van der Waals surface area contributed by atoms with E-state index in [1.54, 1.807) is 6.33 Å². The molecule has 0 aliphatic carbocycles. The van der Waals surface area contributed by atoms with Gasteiger partial charge < -0.3 is 4.98 Å². The summed E-state index contributed by atoms with van der Waals surface area (Å²) in [5, 5.41) is 0. The van der Waals surface area contributed by atoms with Crippen LogP contribution in [-0.2, 0) is 6.42 Å². The molecule has 4 heteroatoms. The molecule has 0 bridgehead atoms. The van der Waals surface area contributed by atoms with Crippen molar-refractivity contribution in [2.75, 3.05) is 0 Å². The van der Waals surface area contributed by atoms with Crippen molar-refractivity contribution in [1.29, 1.82) is 0 Å². The molecule has 0 amide bonds. The molecule has 0 saturated carbocycles. The van der Waals surface area contributed by atoms with Gasteiger partial charge in [-0.2, -0.15) is 0 Å². The molecule has 0 aromatic carbocycles. The van der Waals surface area contributed by atoms with E-state index in [0.29, 0.717) is 0 Å². The Bertz CT molecular complexity index is 174. The molecule has 1 N–H and O–H groups in total. The molecule has 44 valence electrons. The van der Waals surface area contributed by atoms with Gasteiger partial charge in [0.2, 0.25) is 0 Å². The average Bonchev–Trinajstić information content (AvgIpc) is 2.14. The third-order valence-corrected chi connectivity index (χ3v) is 1.27. The Morgan fingerprint density at radius 3 is 2.30 bits per heavy atom. The van der Waals surface area contributed by atoms with E-state index in [4.69, 9.17) is 0 Å². The number of hydrogen-bond acceptors (Lipinski definition) is 0. The van der Waals surface area contributed by atoms with Gasteiger partial charge in [-0.3, -0.25) is 0 Å². The normalized spacial score (nSPS) is 7.80. The summed E-state index contributed by atoms with van der Waals surface area (Å²) in [7, 11) is 0. The monoisotopic (exact) mass is 280 g/mol. The minimum absolute atomic E-state index is 0. The number of aryl methyl sites for hydroxylation is 2. The second-order valence-corrected chi connectivity index (χ2v) is 1.83. The maximum absolute atomic E-state index is 4.08. The number of aromatic nitrogens is 2. The molecule has 0 aliphatic rings. The summed E-state index contributed by atoms with van der Waals surface area (Å²) in [6.07, 6.45) is 2.75. The number of H-pyrrole nitrogens is 1. The smallest absolute Gasteiger partial charge is 0.348 e. The molecule has 0 atom stereocenters. The maximum atomic E-state index is 4.08. The molecule has 0 spiro atoms. The summed E-state index contributed by atoms with van der Waals surface area (Å²) in [4.78, 5) is 7.09. The van der Waals surface area contributed by atoms with Crippen LogP contribution >= 0.6 is 0 Å². The van der Waals surface area contributed by atoms with Crippen LogP contribution in [0, 0.1) is 6.92 Å². The van der Waals surface area contributed by atoms with Crippen LogP contribution < -0.4 is 126 Å². The van der Waals surface area contributed by atoms with Gasteiger partial charge in [0.25, 0.3) is 0 Å². The number of hydrogen-bond donors (Lipinski definition) is 0. The van der Waals surface area contributed by atoms with E-state index in [-0.39, 0.29) is 116 Å². The summed E-state index contributed by atoms with van der Waals surface area (Å²) in [6, 6.07) is 0. The van der Waals surface area contributed by atoms with Gasteiger partial charge in [-0.25, -0.2) is 4.98 Å². The van der Waals surface area contributed by atoms with Crippen LogP contribution in [0.15, 0.2) is 6.33 Å². The zero-order valence-electron chi connectivity index (χ0n) is 7.23. The van der Waals surface area contributed by atoms with Crippen molar-refractivity contribution in [2.24, 2.45) is 0 Å². The van der Waals surface area contributed by atoms with Crippen molar-refractivity contribution >= 4 is 0 Å². The standard InChI is InChI=1S/C6H9N2.2Rb/c1-3-6-5(2)7-4-8-6;;/h4H,3H2,1-2H3;;/q-1;2*+1/p+1. The van der Waals surface area contributed by atoms with E-state index >= 15 is 0 Å². The Morgan fingerprint density at radius 1 is 1.50 bits per heavy atom. The number of nitrogens with zero attached hydrogens (tertiary/aromatic N) is 1. The number of rotatable bonds is 1. The summed E-state index contributed by atoms with van der Waals surface area (Å²) in [5.74, 6) is 0. The van der Waals surface area contributed by atoms with Gasteiger partial charge in [-0.15, -0.1) is 0 Å². The number of imidazole rings is 1. The van der Waals surface area contributed by atoms with Crippen molar-refractivity contribution < 1.29 is 121 Å². The first-order valence-electron chi connectivity index (χ1n) is 2.83. The molecule has 10 heavy (non-hydrogen) atoms. The first-order chi connectivity index (χ1) is 3.84. The van der Waals surface area contributed by atoms with E-state index in [9.17, 15) is 0 Å². The van der Waals surface area contributed by atoms with Gasteiger partial charge in [-0.1, -0.05) is 6.92 Å². The van der Waals surface area contributed by atoms with E-state index in [1.165, 1.54) is 11.4 Å². The average molecular weight is 281 g/mol. The summed E-state index contributed by atoms with van der Waals surface area (Å²) >= 11 is 0. The Hall–Kier alpha value is 2.82. The quantitative estimate of drug-likeness (QED) is 0.504. The van der Waals surface area contributed by atoms with Gasteiger partial charge >= 0.3 is 116 Å². The first-order valence-corrected chi connectivity index (χ1v) is 2.83. The molecule has 1 rings (SSSR count). The number of aromatic amines is 1. The van der Waals surface area contributed by atoms with Crippen molar-refractivity contribution in [3.63, 3.8) is 0 Å². The molecule has 0 radical (unpaired) electrons. The first kappa shape index (κ1) is 15.3. The summed E-state index contributed by atoms with van der Waals surface area (Å²) in [6.45, 7) is 4.13. The largest absolute Gasteiger partial charge is 1.00 e. The molecule has 0 saturated heterocycles. The van der Waals surface area contributed by atoms with Crippen molar-refractivity contribution in [3.05, 3.63) is 17.7 Å². The van der Waals surface area contributed by atoms with Crippen molar-refractivity contribution in [2.45, 2.75) is 20.3 Å². The fourth-order valence-electron chi connectivity index (χ4n) is 0.744. The maximum Gasteiger partial charge on any atom is 1.00 e. The predicted molar refractivity (Wildman–Crippen MR) is 30.4 cm³/mol. The molecule has 0 unspecified atom stereocenters. The SMILES string of the molecule is CCc1[n-]c[nH+]c1C.[Rb+].[Rb+]. The summed E-state index contributed by atoms with van der Waals surface area (Å²) < 4.78 is 0. The van der Waals surface area contributed by atoms with Crippen LogP contribution in [0.3, 0.4) is 0 Å². The van der Waals surface area contributed by atoms with E-state index in [0.717, 1.165) is 6.42 Å². The van der Waals surface area contributed by atoms with E-state index in [2.05, 4.69) is 16.9 Å². The zero-order chi connectivity index (χ0) is 5.98. The molecular weight excluding hydrogens is 271 g/mol. The van der Waals surface area contributed by atoms with Crippen LogP contribution in [0.2, 0.25) is 0 Å². The van der Waals surface area contributed by atoms with Gasteiger partial charge in [0.05, 0.1) is 12.0 Å². The molecule has 1 aromatic rings. The molecule has 0 aliphatic heterocycles. The van der Waals surface area contributed by atoms with Crippen LogP contribution in [-0.4, -0.2) is 0 Å². The molecule has 2 nitrogen and oxygen atoms in total. The van der Waals surface area contributed by atoms with Crippen LogP contribution in [0.4, 0.5) is 0 Å². The second kappa shape index (κ2) is 8.42. The van der Waals surface area contributed by atoms with E-state index < -0.39 is 0 Å². The Labute approximate surface area is 160 Å². The fourth-order valence-corrected chi connectivity index (χ4v) is 0.744. The fraction of sp³-hybridized carbons (Fsp3) is 0.500. The van der Waals surface area contributed by atoms with E-state index in [1.807, 2.05) is 6.92 Å². The third kappa shape index (κ3) is 4.75. The molecule has 1 aromatic heterocycles. The van der Waals surface area contributed by atoms with Crippen molar-refractivity contribution in [3.8, 4) is 0 Å². The summed E-state index contributed by atoms with van der Waals surface area (Å²) in [5.41, 5.74) is 2.36. The van der Waals surface area contributed by atoms with Crippen LogP contribution in [0.1, 0.15) is 18.3 Å². The Kier molecular flexibility index (Phi) is 12.9.